The molecule has 19 heavy (non-hydrogen) atoms. The normalized spacial score (nSPS) is 11.4. The molecule has 0 aromatic carbocycles. The summed E-state index contributed by atoms with van der Waals surface area (Å²) in [6.45, 7) is 0.177. The maximum Gasteiger partial charge on any atom is 0.417 e. The van der Waals surface area contributed by atoms with E-state index in [2.05, 4.69) is 15.3 Å². The average molecular weight is 271 g/mol. The highest BCUT2D eigenvalue weighted by atomic mass is 19.4. The Bertz CT molecular complexity index is 555. The van der Waals surface area contributed by atoms with Gasteiger partial charge in [-0.15, -0.1) is 0 Å². The lowest BCUT2D eigenvalue weighted by Gasteiger charge is -2.09. The van der Waals surface area contributed by atoms with Crippen molar-refractivity contribution in [2.45, 2.75) is 12.7 Å². The topological polar surface area (TPSA) is 37.8 Å². The summed E-state index contributed by atoms with van der Waals surface area (Å²) in [6, 6.07) is 5.59. The van der Waals surface area contributed by atoms with Crippen molar-refractivity contribution in [3.63, 3.8) is 0 Å². The van der Waals surface area contributed by atoms with Crippen LogP contribution < -0.4 is 5.32 Å². The van der Waals surface area contributed by atoms with Gasteiger partial charge in [-0.25, -0.2) is 9.37 Å². The molecule has 1 N–H and O–H groups in total. The van der Waals surface area contributed by atoms with Crippen LogP contribution in [-0.2, 0) is 12.7 Å². The molecule has 3 nitrogen and oxygen atoms in total. The molecule has 0 saturated carbocycles. The summed E-state index contributed by atoms with van der Waals surface area (Å²) in [6.07, 6.45) is -2.45. The van der Waals surface area contributed by atoms with E-state index in [1.165, 1.54) is 0 Å². The van der Waals surface area contributed by atoms with Gasteiger partial charge in [0.15, 0.2) is 11.6 Å². The zero-order valence-corrected chi connectivity index (χ0v) is 9.58. The molecule has 0 amide bonds. The first-order valence-corrected chi connectivity index (χ1v) is 5.33. The van der Waals surface area contributed by atoms with Crippen LogP contribution >= 0.6 is 0 Å². The van der Waals surface area contributed by atoms with Crippen molar-refractivity contribution in [3.8, 4) is 0 Å². The highest BCUT2D eigenvalue weighted by molar-refractivity contribution is 5.38. The first-order chi connectivity index (χ1) is 8.97. The van der Waals surface area contributed by atoms with E-state index in [-0.39, 0.29) is 12.4 Å². The molecule has 0 aliphatic carbocycles. The van der Waals surface area contributed by atoms with Gasteiger partial charge in [-0.05, 0) is 18.2 Å². The molecular formula is C12H9F4N3. The van der Waals surface area contributed by atoms with Gasteiger partial charge in [-0.3, -0.25) is 4.98 Å². The zero-order chi connectivity index (χ0) is 13.9. The molecule has 0 saturated heterocycles. The highest BCUT2D eigenvalue weighted by Crippen LogP contribution is 2.30. The fraction of sp³-hybridized carbons (Fsp3) is 0.167. The molecule has 0 fully saturated rings. The molecule has 2 rings (SSSR count). The molecule has 7 heteroatoms. The summed E-state index contributed by atoms with van der Waals surface area (Å²) in [5.41, 5.74) is -0.489. The highest BCUT2D eigenvalue weighted by Gasteiger charge is 2.31. The molecule has 0 spiro atoms. The fourth-order valence-corrected chi connectivity index (χ4v) is 1.40. The third-order valence-corrected chi connectivity index (χ3v) is 2.33. The van der Waals surface area contributed by atoms with Gasteiger partial charge in [0.05, 0.1) is 17.8 Å². The van der Waals surface area contributed by atoms with Crippen molar-refractivity contribution in [3.05, 3.63) is 53.7 Å². The second kappa shape index (κ2) is 5.21. The Morgan fingerprint density at radius 1 is 1.16 bits per heavy atom. The van der Waals surface area contributed by atoms with Crippen LogP contribution in [0.5, 0.6) is 0 Å². The molecule has 0 aliphatic heterocycles. The molecule has 0 unspecified atom stereocenters. The van der Waals surface area contributed by atoms with E-state index < -0.39 is 17.6 Å². The Morgan fingerprint density at radius 3 is 2.53 bits per heavy atom. The monoisotopic (exact) mass is 271 g/mol. The van der Waals surface area contributed by atoms with E-state index in [1.54, 1.807) is 24.4 Å². The molecule has 2 heterocycles. The maximum atomic E-state index is 13.4. The fourth-order valence-electron chi connectivity index (χ4n) is 1.40. The smallest absolute Gasteiger partial charge is 0.362 e. The van der Waals surface area contributed by atoms with Gasteiger partial charge in [0.2, 0.25) is 0 Å². The summed E-state index contributed by atoms with van der Waals surface area (Å²) in [5, 5.41) is 2.59. The van der Waals surface area contributed by atoms with Crippen molar-refractivity contribution < 1.29 is 17.6 Å². The van der Waals surface area contributed by atoms with Crippen LogP contribution in [0.2, 0.25) is 0 Å². The van der Waals surface area contributed by atoms with Crippen LogP contribution in [0.1, 0.15) is 11.3 Å². The minimum Gasteiger partial charge on any atom is -0.362 e. The van der Waals surface area contributed by atoms with Crippen molar-refractivity contribution in [1.82, 2.24) is 9.97 Å². The van der Waals surface area contributed by atoms with Gasteiger partial charge in [-0.1, -0.05) is 6.07 Å². The third-order valence-electron chi connectivity index (χ3n) is 2.33. The minimum atomic E-state index is -4.60. The van der Waals surface area contributed by atoms with Crippen LogP contribution in [0.4, 0.5) is 23.4 Å². The number of hydrogen-bond acceptors (Lipinski definition) is 3. The third kappa shape index (κ3) is 3.40. The lowest BCUT2D eigenvalue weighted by atomic mass is 10.2. The van der Waals surface area contributed by atoms with Crippen molar-refractivity contribution >= 4 is 5.82 Å². The van der Waals surface area contributed by atoms with Crippen LogP contribution in [0.25, 0.3) is 0 Å². The van der Waals surface area contributed by atoms with E-state index in [0.29, 0.717) is 18.0 Å². The van der Waals surface area contributed by atoms with Gasteiger partial charge in [0.1, 0.15) is 0 Å². The Hall–Kier alpha value is -2.18. The van der Waals surface area contributed by atoms with Crippen LogP contribution in [0, 0.1) is 5.82 Å². The number of nitrogens with zero attached hydrogens (tertiary/aromatic N) is 2. The number of halogens is 4. The largest absolute Gasteiger partial charge is 0.417 e. The number of nitrogens with one attached hydrogen (secondary N) is 1. The molecule has 0 aliphatic rings. The molecule has 0 bridgehead atoms. The second-order valence-electron chi connectivity index (χ2n) is 3.73. The SMILES string of the molecule is Fc1cc(C(F)(F)F)cnc1NCc1ccccn1. The quantitative estimate of drug-likeness (QED) is 0.871. The number of alkyl halides is 3. The van der Waals surface area contributed by atoms with Gasteiger partial charge in [0, 0.05) is 12.4 Å². The van der Waals surface area contributed by atoms with Gasteiger partial charge < -0.3 is 5.32 Å². The summed E-state index contributed by atoms with van der Waals surface area (Å²) in [5.74, 6) is -1.29. The van der Waals surface area contributed by atoms with Crippen LogP contribution in [-0.4, -0.2) is 9.97 Å². The lowest BCUT2D eigenvalue weighted by molar-refractivity contribution is -0.138. The van der Waals surface area contributed by atoms with Gasteiger partial charge >= 0.3 is 6.18 Å². The van der Waals surface area contributed by atoms with E-state index >= 15 is 0 Å². The molecule has 0 atom stereocenters. The predicted octanol–water partition coefficient (Wildman–Crippen LogP) is 3.25. The van der Waals surface area contributed by atoms with Crippen molar-refractivity contribution in [1.29, 1.82) is 0 Å². The predicted molar refractivity (Wildman–Crippen MR) is 60.8 cm³/mol. The van der Waals surface area contributed by atoms with Crippen molar-refractivity contribution in [2.75, 3.05) is 5.32 Å². The van der Waals surface area contributed by atoms with Crippen molar-refractivity contribution in [2.24, 2.45) is 0 Å². The number of pyridine rings is 2. The summed E-state index contributed by atoms with van der Waals surface area (Å²) in [7, 11) is 0. The van der Waals surface area contributed by atoms with E-state index in [1.807, 2.05) is 0 Å². The second-order valence-corrected chi connectivity index (χ2v) is 3.73. The van der Waals surface area contributed by atoms with Crippen LogP contribution in [0.3, 0.4) is 0 Å². The molecule has 0 radical (unpaired) electrons. The summed E-state index contributed by atoms with van der Waals surface area (Å²) in [4.78, 5) is 7.41. The Morgan fingerprint density at radius 2 is 1.95 bits per heavy atom. The number of hydrogen-bond donors (Lipinski definition) is 1. The summed E-state index contributed by atoms with van der Waals surface area (Å²) >= 11 is 0. The van der Waals surface area contributed by atoms with Crippen LogP contribution in [0.15, 0.2) is 36.7 Å². The van der Waals surface area contributed by atoms with Gasteiger partial charge in [0.25, 0.3) is 0 Å². The Labute approximate surface area is 106 Å². The number of rotatable bonds is 3. The first-order valence-electron chi connectivity index (χ1n) is 5.33. The zero-order valence-electron chi connectivity index (χ0n) is 9.58. The van der Waals surface area contributed by atoms with Gasteiger partial charge in [-0.2, -0.15) is 13.2 Å². The molecule has 100 valence electrons. The van der Waals surface area contributed by atoms with E-state index in [9.17, 15) is 17.6 Å². The first kappa shape index (κ1) is 13.3. The standard InChI is InChI=1S/C12H9F4N3/c13-10-5-8(12(14,15)16)6-18-11(10)19-7-9-3-1-2-4-17-9/h1-6H,7H2,(H,18,19). The minimum absolute atomic E-state index is 0.177. The Kier molecular flexibility index (Phi) is 3.64. The number of anilines is 1. The van der Waals surface area contributed by atoms with E-state index in [0.717, 1.165) is 0 Å². The average Bonchev–Trinajstić information content (AvgIpc) is 2.37. The Balaban J connectivity index is 2.10. The lowest BCUT2D eigenvalue weighted by Crippen LogP contribution is -2.09. The number of aromatic nitrogens is 2. The molecule has 2 aromatic heterocycles. The maximum absolute atomic E-state index is 13.4. The summed E-state index contributed by atoms with van der Waals surface area (Å²) < 4.78 is 50.4. The van der Waals surface area contributed by atoms with E-state index in [4.69, 9.17) is 0 Å². The molecular weight excluding hydrogens is 262 g/mol. The molecule has 2 aromatic rings.